The quantitative estimate of drug-likeness (QED) is 0.922. The van der Waals surface area contributed by atoms with Crippen LogP contribution in [0.5, 0.6) is 0 Å². The van der Waals surface area contributed by atoms with Crippen molar-refractivity contribution in [3.05, 3.63) is 5.82 Å². The standard InChI is InChI=1S/C13H17N3O2S/c17-12(8-5-9-3-4-10(6-8)18-9)15-13-14-11(16-19-13)7-1-2-7/h7-10H,1-6H2,(H,14,15,16,17)/t8?,9-,10+. The maximum absolute atomic E-state index is 12.3. The largest absolute Gasteiger partial charge is 0.375 e. The second kappa shape index (κ2) is 4.52. The van der Waals surface area contributed by atoms with Crippen molar-refractivity contribution in [3.63, 3.8) is 0 Å². The van der Waals surface area contributed by atoms with Gasteiger partial charge in [0.1, 0.15) is 5.82 Å². The van der Waals surface area contributed by atoms with E-state index in [4.69, 9.17) is 4.74 Å². The van der Waals surface area contributed by atoms with E-state index >= 15 is 0 Å². The fourth-order valence-corrected chi connectivity index (χ4v) is 3.72. The molecule has 1 amide bonds. The van der Waals surface area contributed by atoms with E-state index in [2.05, 4.69) is 14.7 Å². The molecule has 2 aliphatic heterocycles. The second-order valence-electron chi connectivity index (χ2n) is 5.85. The van der Waals surface area contributed by atoms with E-state index < -0.39 is 0 Å². The zero-order chi connectivity index (χ0) is 12.8. The molecule has 102 valence electrons. The Hall–Kier alpha value is -1.01. The first kappa shape index (κ1) is 11.8. The summed E-state index contributed by atoms with van der Waals surface area (Å²) in [5, 5.41) is 3.59. The predicted molar refractivity (Wildman–Crippen MR) is 71.1 cm³/mol. The molecule has 1 aromatic heterocycles. The zero-order valence-electron chi connectivity index (χ0n) is 10.7. The molecule has 3 fully saturated rings. The van der Waals surface area contributed by atoms with Gasteiger partial charge >= 0.3 is 0 Å². The lowest BCUT2D eigenvalue weighted by atomic mass is 9.95. The molecule has 6 heteroatoms. The molecule has 3 atom stereocenters. The summed E-state index contributed by atoms with van der Waals surface area (Å²) in [6.45, 7) is 0. The van der Waals surface area contributed by atoms with Gasteiger partial charge in [-0.3, -0.25) is 4.79 Å². The summed E-state index contributed by atoms with van der Waals surface area (Å²) in [5.74, 6) is 1.63. The fraction of sp³-hybridized carbons (Fsp3) is 0.769. The Morgan fingerprint density at radius 3 is 2.63 bits per heavy atom. The van der Waals surface area contributed by atoms with E-state index in [0.717, 1.165) is 31.5 Å². The van der Waals surface area contributed by atoms with E-state index in [0.29, 0.717) is 23.3 Å². The van der Waals surface area contributed by atoms with Crippen LogP contribution in [0.2, 0.25) is 0 Å². The van der Waals surface area contributed by atoms with Crippen LogP contribution in [0.4, 0.5) is 5.13 Å². The summed E-state index contributed by atoms with van der Waals surface area (Å²) in [7, 11) is 0. The van der Waals surface area contributed by atoms with E-state index in [9.17, 15) is 4.79 Å². The first-order valence-corrected chi connectivity index (χ1v) is 7.85. The Morgan fingerprint density at radius 2 is 1.95 bits per heavy atom. The molecule has 3 aliphatic rings. The van der Waals surface area contributed by atoms with Crippen molar-refractivity contribution in [2.75, 3.05) is 5.32 Å². The number of hydrogen-bond donors (Lipinski definition) is 1. The van der Waals surface area contributed by atoms with Gasteiger partial charge in [0.15, 0.2) is 0 Å². The van der Waals surface area contributed by atoms with Crippen LogP contribution in [0.15, 0.2) is 0 Å². The number of carbonyl (C=O) groups is 1. The number of rotatable bonds is 3. The minimum atomic E-state index is 0.0829. The van der Waals surface area contributed by atoms with E-state index in [1.807, 2.05) is 0 Å². The minimum absolute atomic E-state index is 0.0829. The third-order valence-electron chi connectivity index (χ3n) is 4.28. The van der Waals surface area contributed by atoms with Crippen LogP contribution < -0.4 is 5.32 Å². The third kappa shape index (κ3) is 2.39. The van der Waals surface area contributed by atoms with Crippen molar-refractivity contribution in [1.82, 2.24) is 9.36 Å². The van der Waals surface area contributed by atoms with Crippen LogP contribution in [0, 0.1) is 5.92 Å². The molecule has 1 unspecified atom stereocenters. The summed E-state index contributed by atoms with van der Waals surface area (Å²) >= 11 is 1.30. The topological polar surface area (TPSA) is 64.1 Å². The molecule has 4 rings (SSSR count). The average Bonchev–Trinajstić information content (AvgIpc) is 3.08. The van der Waals surface area contributed by atoms with Crippen LogP contribution in [0.1, 0.15) is 50.3 Å². The molecular formula is C13H17N3O2S. The number of nitrogens with one attached hydrogen (secondary N) is 1. The number of hydrogen-bond acceptors (Lipinski definition) is 5. The summed E-state index contributed by atoms with van der Waals surface area (Å²) in [5.41, 5.74) is 0. The smallest absolute Gasteiger partial charge is 0.229 e. The lowest BCUT2D eigenvalue weighted by molar-refractivity contribution is -0.125. The van der Waals surface area contributed by atoms with Crippen LogP contribution in [-0.2, 0) is 9.53 Å². The van der Waals surface area contributed by atoms with Gasteiger partial charge in [0.05, 0.1) is 12.2 Å². The summed E-state index contributed by atoms with van der Waals surface area (Å²) in [4.78, 5) is 16.7. The highest BCUT2D eigenvalue weighted by atomic mass is 32.1. The molecule has 0 radical (unpaired) electrons. The lowest BCUT2D eigenvalue weighted by Gasteiger charge is -2.26. The molecule has 1 N–H and O–H groups in total. The number of carbonyl (C=O) groups excluding carboxylic acids is 1. The Labute approximate surface area is 115 Å². The lowest BCUT2D eigenvalue weighted by Crippen LogP contribution is -2.33. The summed E-state index contributed by atoms with van der Waals surface area (Å²) in [6.07, 6.45) is 6.91. The zero-order valence-corrected chi connectivity index (χ0v) is 11.5. The van der Waals surface area contributed by atoms with Crippen LogP contribution >= 0.6 is 11.5 Å². The number of anilines is 1. The molecule has 1 aliphatic carbocycles. The molecule has 1 saturated carbocycles. The predicted octanol–water partition coefficient (Wildman–Crippen LogP) is 2.31. The summed E-state index contributed by atoms with van der Waals surface area (Å²) in [6, 6.07) is 0. The van der Waals surface area contributed by atoms with Gasteiger partial charge in [-0.15, -0.1) is 0 Å². The van der Waals surface area contributed by atoms with Gasteiger partial charge in [-0.1, -0.05) is 0 Å². The van der Waals surface area contributed by atoms with Crippen molar-refractivity contribution in [2.24, 2.45) is 5.92 Å². The Morgan fingerprint density at radius 1 is 1.21 bits per heavy atom. The maximum Gasteiger partial charge on any atom is 0.229 e. The number of amides is 1. The van der Waals surface area contributed by atoms with Crippen LogP contribution in [0.3, 0.4) is 0 Å². The van der Waals surface area contributed by atoms with Gasteiger partial charge in [0, 0.05) is 23.4 Å². The third-order valence-corrected chi connectivity index (χ3v) is 4.92. The highest BCUT2D eigenvalue weighted by Crippen LogP contribution is 2.40. The first-order valence-electron chi connectivity index (χ1n) is 7.08. The van der Waals surface area contributed by atoms with E-state index in [1.54, 1.807) is 0 Å². The Balaban J connectivity index is 1.39. The molecule has 2 bridgehead atoms. The van der Waals surface area contributed by atoms with Crippen molar-refractivity contribution < 1.29 is 9.53 Å². The van der Waals surface area contributed by atoms with Gasteiger partial charge in [-0.05, 0) is 38.5 Å². The average molecular weight is 279 g/mol. The number of aromatic nitrogens is 2. The van der Waals surface area contributed by atoms with Gasteiger partial charge < -0.3 is 10.1 Å². The summed E-state index contributed by atoms with van der Waals surface area (Å²) < 4.78 is 10.1. The van der Waals surface area contributed by atoms with Gasteiger partial charge in [0.25, 0.3) is 0 Å². The van der Waals surface area contributed by atoms with E-state index in [1.165, 1.54) is 24.4 Å². The fourth-order valence-electron chi connectivity index (χ4n) is 3.07. The molecule has 1 aromatic rings. The van der Waals surface area contributed by atoms with Gasteiger partial charge in [-0.2, -0.15) is 4.37 Å². The highest BCUT2D eigenvalue weighted by molar-refractivity contribution is 7.09. The van der Waals surface area contributed by atoms with Crippen molar-refractivity contribution in [1.29, 1.82) is 0 Å². The molecule has 3 heterocycles. The van der Waals surface area contributed by atoms with Gasteiger partial charge in [0.2, 0.25) is 11.0 Å². The molecule has 5 nitrogen and oxygen atoms in total. The first-order chi connectivity index (χ1) is 9.28. The molecule has 0 aromatic carbocycles. The molecule has 19 heavy (non-hydrogen) atoms. The molecule has 2 saturated heterocycles. The number of ether oxygens (including phenoxy) is 1. The van der Waals surface area contributed by atoms with Crippen LogP contribution in [-0.4, -0.2) is 27.5 Å². The SMILES string of the molecule is O=C(Nc1nc(C2CC2)ns1)C1C[C@H]2CC[C@@H](C1)O2. The van der Waals surface area contributed by atoms with Gasteiger partial charge in [-0.25, -0.2) is 4.98 Å². The Kier molecular flexibility index (Phi) is 2.81. The highest BCUT2D eigenvalue weighted by Gasteiger charge is 2.38. The normalized spacial score (nSPS) is 33.4. The monoisotopic (exact) mass is 279 g/mol. The molecular weight excluding hydrogens is 262 g/mol. The number of nitrogens with zero attached hydrogens (tertiary/aromatic N) is 2. The van der Waals surface area contributed by atoms with Crippen molar-refractivity contribution in [3.8, 4) is 0 Å². The van der Waals surface area contributed by atoms with E-state index in [-0.39, 0.29) is 11.8 Å². The second-order valence-corrected chi connectivity index (χ2v) is 6.60. The van der Waals surface area contributed by atoms with Crippen LogP contribution in [0.25, 0.3) is 0 Å². The number of fused-ring (bicyclic) bond motifs is 2. The van der Waals surface area contributed by atoms with Crippen molar-refractivity contribution >= 4 is 22.6 Å². The van der Waals surface area contributed by atoms with Crippen molar-refractivity contribution in [2.45, 2.75) is 56.7 Å². The molecule has 0 spiro atoms. The maximum atomic E-state index is 12.3. The minimum Gasteiger partial charge on any atom is -0.375 e. The Bertz CT molecular complexity index is 488.